The van der Waals surface area contributed by atoms with Gasteiger partial charge in [-0.1, -0.05) is 42.2 Å². The van der Waals surface area contributed by atoms with Crippen LogP contribution < -0.4 is 9.64 Å². The van der Waals surface area contributed by atoms with Gasteiger partial charge in [0.2, 0.25) is 0 Å². The Morgan fingerprint density at radius 3 is 2.18 bits per heavy atom. The predicted octanol–water partition coefficient (Wildman–Crippen LogP) is 5.35. The number of aromatic nitrogens is 2. The molecule has 1 aromatic heterocycles. The van der Waals surface area contributed by atoms with E-state index < -0.39 is 17.8 Å². The number of rotatable bonds is 7. The van der Waals surface area contributed by atoms with Crippen LogP contribution in [-0.2, 0) is 4.79 Å². The largest absolute Gasteiger partial charge is 0.497 e. The number of carboxylic acids is 2. The number of carboxylic acid groups (broad SMARTS) is 2. The van der Waals surface area contributed by atoms with Crippen molar-refractivity contribution in [2.75, 3.05) is 12.0 Å². The van der Waals surface area contributed by atoms with Crippen molar-refractivity contribution < 1.29 is 29.3 Å². The second-order valence-corrected chi connectivity index (χ2v) is 10.0. The van der Waals surface area contributed by atoms with E-state index in [2.05, 4.69) is 0 Å². The van der Waals surface area contributed by atoms with Crippen molar-refractivity contribution in [3.05, 3.63) is 101 Å². The molecule has 2 heterocycles. The molecule has 0 atom stereocenters. The molecule has 0 aliphatic carbocycles. The van der Waals surface area contributed by atoms with Gasteiger partial charge in [-0.05, 0) is 60.7 Å². The molecule has 0 saturated carbocycles. The summed E-state index contributed by atoms with van der Waals surface area (Å²) in [6, 6.07) is 20.3. The van der Waals surface area contributed by atoms with Gasteiger partial charge < -0.3 is 14.9 Å². The first kappa shape index (κ1) is 25.9. The molecule has 0 unspecified atom stereocenters. The second kappa shape index (κ2) is 10.6. The number of thioether (sulfide) groups is 1. The highest BCUT2D eigenvalue weighted by atomic mass is 32.2. The van der Waals surface area contributed by atoms with E-state index >= 15 is 0 Å². The van der Waals surface area contributed by atoms with Crippen LogP contribution in [0.5, 0.6) is 5.75 Å². The Morgan fingerprint density at radius 1 is 0.949 bits per heavy atom. The molecule has 5 rings (SSSR count). The molecule has 0 bridgehead atoms. The molecule has 1 aliphatic heterocycles. The Labute approximate surface area is 231 Å². The smallest absolute Gasteiger partial charge is 0.335 e. The van der Waals surface area contributed by atoms with E-state index in [1.54, 1.807) is 24.1 Å². The first-order valence-electron chi connectivity index (χ1n) is 11.4. The van der Waals surface area contributed by atoms with Crippen LogP contribution in [0, 0.1) is 0 Å². The lowest BCUT2D eigenvalue weighted by Gasteiger charge is -2.16. The van der Waals surface area contributed by atoms with Crippen LogP contribution >= 0.6 is 24.0 Å². The quantitative estimate of drug-likeness (QED) is 0.229. The summed E-state index contributed by atoms with van der Waals surface area (Å²) in [4.78, 5) is 38.1. The molecule has 1 saturated heterocycles. The number of carbonyl (C=O) groups excluding carboxylic acids is 1. The summed E-state index contributed by atoms with van der Waals surface area (Å²) in [5.41, 5.74) is 2.41. The number of amides is 1. The summed E-state index contributed by atoms with van der Waals surface area (Å²) in [5, 5.41) is 23.6. The third-order valence-electron chi connectivity index (χ3n) is 5.88. The molecule has 0 radical (unpaired) electrons. The zero-order valence-corrected chi connectivity index (χ0v) is 21.9. The van der Waals surface area contributed by atoms with E-state index in [0.717, 1.165) is 34.0 Å². The number of anilines is 1. The van der Waals surface area contributed by atoms with Crippen molar-refractivity contribution >= 4 is 57.9 Å². The minimum absolute atomic E-state index is 0.0635. The number of thiocarbonyl (C=S) groups is 1. The molecule has 3 aromatic carbocycles. The Morgan fingerprint density at radius 2 is 1.59 bits per heavy atom. The number of hydrogen-bond donors (Lipinski definition) is 2. The van der Waals surface area contributed by atoms with E-state index in [-0.39, 0.29) is 26.0 Å². The van der Waals surface area contributed by atoms with Gasteiger partial charge in [0.1, 0.15) is 5.75 Å². The molecular formula is C28H19N3O6S2. The second-order valence-electron chi connectivity index (χ2n) is 8.34. The molecule has 1 aliphatic rings. The highest BCUT2D eigenvalue weighted by Gasteiger charge is 2.34. The number of aromatic carboxylic acids is 2. The Bertz CT molecular complexity index is 1630. The van der Waals surface area contributed by atoms with Crippen LogP contribution in [0.3, 0.4) is 0 Å². The molecule has 0 spiro atoms. The predicted molar refractivity (Wildman–Crippen MR) is 152 cm³/mol. The zero-order valence-electron chi connectivity index (χ0n) is 20.3. The van der Waals surface area contributed by atoms with Gasteiger partial charge in [0.05, 0.1) is 40.2 Å². The maximum absolute atomic E-state index is 13.5. The Balaban J connectivity index is 1.58. The lowest BCUT2D eigenvalue weighted by atomic mass is 10.1. The average Bonchev–Trinajstić information content (AvgIpc) is 3.48. The van der Waals surface area contributed by atoms with Crippen molar-refractivity contribution in [2.45, 2.75) is 0 Å². The van der Waals surface area contributed by atoms with Gasteiger partial charge in [0.15, 0.2) is 4.32 Å². The van der Waals surface area contributed by atoms with Gasteiger partial charge in [-0.2, -0.15) is 5.10 Å². The fourth-order valence-electron chi connectivity index (χ4n) is 4.00. The summed E-state index contributed by atoms with van der Waals surface area (Å²) < 4.78 is 7.12. The standard InChI is InChI=1S/C28H19N3O6S2/c1-37-22-9-7-16(8-10-22)24-19(15-30(29-24)20-5-3-2-4-6-20)14-23-25(32)31(28(38)39-23)21-12-17(26(33)34)11-18(13-21)27(35)36/h2-15H,1H3,(H,33,34)(H,35,36)/b23-14-. The third kappa shape index (κ3) is 5.17. The van der Waals surface area contributed by atoms with Gasteiger partial charge in [0.25, 0.3) is 5.91 Å². The number of carbonyl (C=O) groups is 3. The number of nitrogens with zero attached hydrogens (tertiary/aromatic N) is 3. The van der Waals surface area contributed by atoms with Gasteiger partial charge in [-0.25, -0.2) is 14.3 Å². The van der Waals surface area contributed by atoms with E-state index in [9.17, 15) is 24.6 Å². The van der Waals surface area contributed by atoms with Gasteiger partial charge in [-0.3, -0.25) is 9.69 Å². The van der Waals surface area contributed by atoms with E-state index in [1.807, 2.05) is 54.6 Å². The fraction of sp³-hybridized carbons (Fsp3) is 0.0357. The molecular weight excluding hydrogens is 538 g/mol. The van der Waals surface area contributed by atoms with E-state index in [0.29, 0.717) is 17.0 Å². The lowest BCUT2D eigenvalue weighted by molar-refractivity contribution is -0.113. The molecule has 1 amide bonds. The van der Waals surface area contributed by atoms with Crippen LogP contribution in [0.1, 0.15) is 26.3 Å². The number of benzene rings is 3. The van der Waals surface area contributed by atoms with Crippen LogP contribution in [0.15, 0.2) is 83.9 Å². The van der Waals surface area contributed by atoms with Crippen molar-refractivity contribution in [3.63, 3.8) is 0 Å². The third-order valence-corrected chi connectivity index (χ3v) is 7.18. The zero-order chi connectivity index (χ0) is 27.7. The number of hydrogen-bond acceptors (Lipinski definition) is 7. The van der Waals surface area contributed by atoms with Crippen molar-refractivity contribution in [3.8, 4) is 22.7 Å². The van der Waals surface area contributed by atoms with Crippen molar-refractivity contribution in [2.24, 2.45) is 0 Å². The molecule has 4 aromatic rings. The fourth-order valence-corrected chi connectivity index (χ4v) is 5.29. The summed E-state index contributed by atoms with van der Waals surface area (Å²) >= 11 is 6.48. The Kier molecular flexibility index (Phi) is 7.01. The summed E-state index contributed by atoms with van der Waals surface area (Å²) in [5.74, 6) is -2.46. The highest BCUT2D eigenvalue weighted by Crippen LogP contribution is 2.38. The number of ether oxygens (including phenoxy) is 1. The van der Waals surface area contributed by atoms with E-state index in [1.165, 1.54) is 12.1 Å². The van der Waals surface area contributed by atoms with Crippen molar-refractivity contribution in [1.29, 1.82) is 0 Å². The number of methoxy groups -OCH3 is 1. The molecule has 9 nitrogen and oxygen atoms in total. The normalized spacial score (nSPS) is 14.2. The molecule has 11 heteroatoms. The molecule has 39 heavy (non-hydrogen) atoms. The van der Waals surface area contributed by atoms with E-state index in [4.69, 9.17) is 22.1 Å². The minimum atomic E-state index is -1.32. The number of para-hydroxylation sites is 1. The van der Waals surface area contributed by atoms with Gasteiger partial charge in [-0.15, -0.1) is 0 Å². The first-order valence-corrected chi connectivity index (χ1v) is 12.7. The van der Waals surface area contributed by atoms with Gasteiger partial charge in [0, 0.05) is 17.3 Å². The lowest BCUT2D eigenvalue weighted by Crippen LogP contribution is -2.28. The van der Waals surface area contributed by atoms with Gasteiger partial charge >= 0.3 is 11.9 Å². The van der Waals surface area contributed by atoms with Crippen LogP contribution in [-0.4, -0.2) is 49.3 Å². The maximum atomic E-state index is 13.5. The summed E-state index contributed by atoms with van der Waals surface area (Å²) in [6.07, 6.45) is 3.47. The maximum Gasteiger partial charge on any atom is 0.335 e. The highest BCUT2D eigenvalue weighted by molar-refractivity contribution is 8.27. The van der Waals surface area contributed by atoms with Crippen LogP contribution in [0.2, 0.25) is 0 Å². The molecule has 194 valence electrons. The van der Waals surface area contributed by atoms with Crippen LogP contribution in [0.25, 0.3) is 23.0 Å². The Hall–Kier alpha value is -4.74. The minimum Gasteiger partial charge on any atom is -0.497 e. The SMILES string of the molecule is COc1ccc(-c2nn(-c3ccccc3)cc2/C=C2\SC(=S)N(c3cc(C(=O)O)cc(C(=O)O)c3)C2=O)cc1. The monoisotopic (exact) mass is 557 g/mol. The summed E-state index contributed by atoms with van der Waals surface area (Å²) in [7, 11) is 1.58. The summed E-state index contributed by atoms with van der Waals surface area (Å²) in [6.45, 7) is 0. The van der Waals surface area contributed by atoms with Crippen LogP contribution in [0.4, 0.5) is 5.69 Å². The molecule has 1 fully saturated rings. The van der Waals surface area contributed by atoms with Crippen molar-refractivity contribution in [1.82, 2.24) is 9.78 Å². The average molecular weight is 558 g/mol. The topological polar surface area (TPSA) is 122 Å². The first-order chi connectivity index (χ1) is 18.7. The molecule has 2 N–H and O–H groups in total.